The van der Waals surface area contributed by atoms with Gasteiger partial charge < -0.3 is 6.15 Å². The van der Waals surface area contributed by atoms with Crippen LogP contribution >= 0.6 is 11.6 Å². The summed E-state index contributed by atoms with van der Waals surface area (Å²) in [5.74, 6) is 1.57. The van der Waals surface area contributed by atoms with Crippen LogP contribution in [0.15, 0.2) is 0 Å². The van der Waals surface area contributed by atoms with Gasteiger partial charge >= 0.3 is 0 Å². The molecule has 0 saturated heterocycles. The molecule has 7 heavy (non-hydrogen) atoms. The Morgan fingerprint density at radius 2 is 1.86 bits per heavy atom. The fraction of sp³-hybridized carbons (Fsp3) is 1.00. The first-order valence-electron chi connectivity index (χ1n) is 2.33. The largest absolute Gasteiger partial charge is 0.344 e. The molecular weight excluding hydrogens is 110 g/mol. The van der Waals surface area contributed by atoms with Crippen molar-refractivity contribution in [1.29, 1.82) is 0 Å². The highest BCUT2D eigenvalue weighted by Crippen LogP contribution is 1.98. The lowest BCUT2D eigenvalue weighted by atomic mass is 10.2. The first kappa shape index (κ1) is 10.3. The second-order valence-electron chi connectivity index (χ2n) is 1.87. The van der Waals surface area contributed by atoms with Gasteiger partial charge in [0.05, 0.1) is 0 Å². The maximum absolute atomic E-state index is 5.40. The Balaban J connectivity index is 0. The van der Waals surface area contributed by atoms with E-state index in [1.165, 1.54) is 0 Å². The minimum absolute atomic E-state index is 0. The van der Waals surface area contributed by atoms with Gasteiger partial charge in [-0.15, -0.1) is 11.6 Å². The van der Waals surface area contributed by atoms with Gasteiger partial charge in [-0.05, 0) is 12.3 Å². The van der Waals surface area contributed by atoms with Crippen LogP contribution in [-0.2, 0) is 0 Å². The Bertz CT molecular complexity index is 29.3. The van der Waals surface area contributed by atoms with Gasteiger partial charge in [-0.3, -0.25) is 0 Å². The molecule has 0 heterocycles. The van der Waals surface area contributed by atoms with E-state index in [4.69, 9.17) is 11.6 Å². The molecule has 0 aromatic carbocycles. The van der Waals surface area contributed by atoms with E-state index < -0.39 is 0 Å². The summed E-state index contributed by atoms with van der Waals surface area (Å²) >= 11 is 5.40. The van der Waals surface area contributed by atoms with Gasteiger partial charge in [0.1, 0.15) is 0 Å². The standard InChI is InChI=1S/C5H11Cl.H3N/c1-5(2)3-4-6;/h5H,3-4H2,1-2H3;1H3. The smallest absolute Gasteiger partial charge is 0.0225 e. The zero-order valence-electron chi connectivity index (χ0n) is 5.08. The summed E-state index contributed by atoms with van der Waals surface area (Å²) in [7, 11) is 0. The fourth-order valence-electron chi connectivity index (χ4n) is 0.218. The van der Waals surface area contributed by atoms with Crippen molar-refractivity contribution in [1.82, 2.24) is 6.15 Å². The topological polar surface area (TPSA) is 35.0 Å². The zero-order chi connectivity index (χ0) is 4.99. The van der Waals surface area contributed by atoms with E-state index in [9.17, 15) is 0 Å². The normalized spacial score (nSPS) is 8.57. The van der Waals surface area contributed by atoms with Crippen molar-refractivity contribution in [3.8, 4) is 0 Å². The lowest BCUT2D eigenvalue weighted by Gasteiger charge is -1.94. The quantitative estimate of drug-likeness (QED) is 0.563. The molecular formula is C5H14ClN. The van der Waals surface area contributed by atoms with Gasteiger partial charge in [0.25, 0.3) is 0 Å². The van der Waals surface area contributed by atoms with Crippen molar-refractivity contribution in [3.05, 3.63) is 0 Å². The Morgan fingerprint density at radius 3 is 1.86 bits per heavy atom. The summed E-state index contributed by atoms with van der Waals surface area (Å²) in [6.45, 7) is 4.34. The number of rotatable bonds is 2. The summed E-state index contributed by atoms with van der Waals surface area (Å²) in [6.07, 6.45) is 1.14. The van der Waals surface area contributed by atoms with Crippen molar-refractivity contribution in [2.75, 3.05) is 5.88 Å². The summed E-state index contributed by atoms with van der Waals surface area (Å²) in [5, 5.41) is 0. The van der Waals surface area contributed by atoms with E-state index in [0.717, 1.165) is 18.2 Å². The van der Waals surface area contributed by atoms with E-state index in [0.29, 0.717) is 0 Å². The third-order valence-corrected chi connectivity index (χ3v) is 0.905. The number of hydrogen-bond acceptors (Lipinski definition) is 1. The Kier molecular flexibility index (Phi) is 9.17. The second-order valence-corrected chi connectivity index (χ2v) is 2.25. The molecule has 0 aromatic rings. The predicted octanol–water partition coefficient (Wildman–Crippen LogP) is 2.43. The molecule has 1 nitrogen and oxygen atoms in total. The molecule has 0 aliphatic carbocycles. The number of halogens is 1. The molecule has 0 atom stereocenters. The summed E-state index contributed by atoms with van der Waals surface area (Å²) in [5.41, 5.74) is 0. The maximum Gasteiger partial charge on any atom is 0.0225 e. The number of hydrogen-bond donors (Lipinski definition) is 1. The monoisotopic (exact) mass is 123 g/mol. The van der Waals surface area contributed by atoms with Crippen molar-refractivity contribution >= 4 is 11.6 Å². The van der Waals surface area contributed by atoms with Crippen molar-refractivity contribution in [3.63, 3.8) is 0 Å². The lowest BCUT2D eigenvalue weighted by molar-refractivity contribution is 0.630. The van der Waals surface area contributed by atoms with Crippen LogP contribution in [0.2, 0.25) is 0 Å². The molecule has 0 aliphatic rings. The zero-order valence-corrected chi connectivity index (χ0v) is 5.83. The number of alkyl halides is 1. The van der Waals surface area contributed by atoms with Gasteiger partial charge in [-0.2, -0.15) is 0 Å². The van der Waals surface area contributed by atoms with Crippen LogP contribution in [0.1, 0.15) is 20.3 Å². The molecule has 0 radical (unpaired) electrons. The minimum atomic E-state index is 0. The highest BCUT2D eigenvalue weighted by atomic mass is 35.5. The minimum Gasteiger partial charge on any atom is -0.344 e. The van der Waals surface area contributed by atoms with E-state index >= 15 is 0 Å². The fourth-order valence-corrected chi connectivity index (χ4v) is 0.655. The van der Waals surface area contributed by atoms with E-state index in [2.05, 4.69) is 13.8 Å². The van der Waals surface area contributed by atoms with Crippen molar-refractivity contribution in [2.24, 2.45) is 5.92 Å². The van der Waals surface area contributed by atoms with Gasteiger partial charge in [0.15, 0.2) is 0 Å². The van der Waals surface area contributed by atoms with E-state index in [1.54, 1.807) is 0 Å². The molecule has 0 aliphatic heterocycles. The first-order valence-corrected chi connectivity index (χ1v) is 2.86. The molecule has 3 N–H and O–H groups in total. The molecule has 0 unspecified atom stereocenters. The third-order valence-electron chi connectivity index (χ3n) is 0.686. The summed E-state index contributed by atoms with van der Waals surface area (Å²) in [4.78, 5) is 0. The first-order chi connectivity index (χ1) is 2.77. The lowest BCUT2D eigenvalue weighted by Crippen LogP contribution is -1.85. The predicted molar refractivity (Wildman–Crippen MR) is 35.2 cm³/mol. The highest BCUT2D eigenvalue weighted by Gasteiger charge is 1.86. The average molecular weight is 124 g/mol. The van der Waals surface area contributed by atoms with Crippen LogP contribution in [-0.4, -0.2) is 5.88 Å². The van der Waals surface area contributed by atoms with Crippen LogP contribution in [0.4, 0.5) is 0 Å². The Labute approximate surface area is 50.6 Å². The van der Waals surface area contributed by atoms with Crippen molar-refractivity contribution in [2.45, 2.75) is 20.3 Å². The van der Waals surface area contributed by atoms with Crippen LogP contribution in [0, 0.1) is 5.92 Å². The van der Waals surface area contributed by atoms with Crippen LogP contribution in [0.5, 0.6) is 0 Å². The average Bonchev–Trinajstić information content (AvgIpc) is 1.35. The molecule has 46 valence electrons. The SMILES string of the molecule is CC(C)CCCl.N. The molecule has 0 rings (SSSR count). The molecule has 0 fully saturated rings. The summed E-state index contributed by atoms with van der Waals surface area (Å²) < 4.78 is 0. The van der Waals surface area contributed by atoms with Crippen LogP contribution in [0.3, 0.4) is 0 Å². The molecule has 0 aromatic heterocycles. The molecule has 0 amide bonds. The van der Waals surface area contributed by atoms with Gasteiger partial charge in [0, 0.05) is 5.88 Å². The summed E-state index contributed by atoms with van der Waals surface area (Å²) in [6, 6.07) is 0. The van der Waals surface area contributed by atoms with Crippen molar-refractivity contribution < 1.29 is 0 Å². The van der Waals surface area contributed by atoms with Gasteiger partial charge in [-0.1, -0.05) is 13.8 Å². The molecule has 0 bridgehead atoms. The third kappa shape index (κ3) is 10.7. The highest BCUT2D eigenvalue weighted by molar-refractivity contribution is 6.17. The van der Waals surface area contributed by atoms with E-state index in [1.807, 2.05) is 0 Å². The molecule has 0 saturated carbocycles. The molecule has 2 heteroatoms. The van der Waals surface area contributed by atoms with Gasteiger partial charge in [0.2, 0.25) is 0 Å². The van der Waals surface area contributed by atoms with Gasteiger partial charge in [-0.25, -0.2) is 0 Å². The second kappa shape index (κ2) is 6.25. The van der Waals surface area contributed by atoms with Crippen LogP contribution in [0.25, 0.3) is 0 Å². The van der Waals surface area contributed by atoms with E-state index in [-0.39, 0.29) is 6.15 Å². The Hall–Kier alpha value is 0.250. The van der Waals surface area contributed by atoms with Crippen LogP contribution < -0.4 is 6.15 Å². The maximum atomic E-state index is 5.40. The molecule has 0 spiro atoms. The Morgan fingerprint density at radius 1 is 1.43 bits per heavy atom.